The van der Waals surface area contributed by atoms with Gasteiger partial charge in [0.05, 0.1) is 11.7 Å². The normalized spacial score (nSPS) is 41.8. The van der Waals surface area contributed by atoms with Gasteiger partial charge in [0, 0.05) is 19.2 Å². The van der Waals surface area contributed by atoms with Crippen molar-refractivity contribution in [1.82, 2.24) is 5.32 Å². The standard InChI is InChI=1S/C15H29NO2/c1-3-14-9-13(6-8-18-14)16-11-15(17)7-4-5-12(2)10-15/h12-14,16-17H,3-11H2,1-2H3. The van der Waals surface area contributed by atoms with Gasteiger partial charge in [-0.3, -0.25) is 0 Å². The minimum atomic E-state index is -0.461. The Morgan fingerprint density at radius 1 is 1.39 bits per heavy atom. The average Bonchev–Trinajstić information content (AvgIpc) is 2.37. The predicted octanol–water partition coefficient (Wildman–Crippen LogP) is 2.47. The highest BCUT2D eigenvalue weighted by Gasteiger charge is 2.33. The van der Waals surface area contributed by atoms with Gasteiger partial charge in [-0.05, 0) is 38.0 Å². The van der Waals surface area contributed by atoms with E-state index in [1.54, 1.807) is 0 Å². The maximum absolute atomic E-state index is 10.6. The van der Waals surface area contributed by atoms with Crippen molar-refractivity contribution in [2.75, 3.05) is 13.2 Å². The molecule has 2 aliphatic rings. The molecule has 106 valence electrons. The van der Waals surface area contributed by atoms with E-state index in [2.05, 4.69) is 19.2 Å². The zero-order valence-electron chi connectivity index (χ0n) is 12.0. The molecule has 1 saturated heterocycles. The lowest BCUT2D eigenvalue weighted by molar-refractivity contribution is -0.0286. The van der Waals surface area contributed by atoms with E-state index >= 15 is 0 Å². The molecule has 0 radical (unpaired) electrons. The summed E-state index contributed by atoms with van der Waals surface area (Å²) in [4.78, 5) is 0. The molecular weight excluding hydrogens is 226 g/mol. The SMILES string of the molecule is CCC1CC(NCC2(O)CCCC(C)C2)CCO1. The number of ether oxygens (including phenoxy) is 1. The zero-order valence-corrected chi connectivity index (χ0v) is 12.0. The van der Waals surface area contributed by atoms with Gasteiger partial charge in [0.1, 0.15) is 0 Å². The van der Waals surface area contributed by atoms with E-state index in [0.717, 1.165) is 45.3 Å². The molecule has 3 heteroatoms. The molecule has 4 atom stereocenters. The third-order valence-electron chi connectivity index (χ3n) is 4.61. The summed E-state index contributed by atoms with van der Waals surface area (Å²) in [6, 6.07) is 0.532. The molecule has 1 aliphatic carbocycles. The van der Waals surface area contributed by atoms with Crippen molar-refractivity contribution >= 4 is 0 Å². The molecule has 0 spiro atoms. The Bertz CT molecular complexity index is 259. The molecule has 1 aliphatic heterocycles. The van der Waals surface area contributed by atoms with Crippen LogP contribution in [0.2, 0.25) is 0 Å². The maximum atomic E-state index is 10.6. The maximum Gasteiger partial charge on any atom is 0.0774 e. The first kappa shape index (κ1) is 14.3. The first-order valence-corrected chi connectivity index (χ1v) is 7.68. The van der Waals surface area contributed by atoms with Gasteiger partial charge in [0.25, 0.3) is 0 Å². The van der Waals surface area contributed by atoms with Crippen LogP contribution in [0.4, 0.5) is 0 Å². The summed E-state index contributed by atoms with van der Waals surface area (Å²) < 4.78 is 5.69. The van der Waals surface area contributed by atoms with Gasteiger partial charge in [0.2, 0.25) is 0 Å². The van der Waals surface area contributed by atoms with E-state index in [-0.39, 0.29) is 0 Å². The molecule has 1 heterocycles. The van der Waals surface area contributed by atoms with Gasteiger partial charge < -0.3 is 15.2 Å². The molecule has 4 unspecified atom stereocenters. The van der Waals surface area contributed by atoms with E-state index in [0.29, 0.717) is 18.1 Å². The second-order valence-corrected chi connectivity index (χ2v) is 6.43. The quantitative estimate of drug-likeness (QED) is 0.811. The molecule has 0 aromatic heterocycles. The highest BCUT2D eigenvalue weighted by molar-refractivity contribution is 4.89. The van der Waals surface area contributed by atoms with E-state index < -0.39 is 5.60 Å². The smallest absolute Gasteiger partial charge is 0.0774 e. The molecule has 2 N–H and O–H groups in total. The van der Waals surface area contributed by atoms with Gasteiger partial charge in [0.15, 0.2) is 0 Å². The highest BCUT2D eigenvalue weighted by Crippen LogP contribution is 2.32. The minimum Gasteiger partial charge on any atom is -0.389 e. The van der Waals surface area contributed by atoms with E-state index in [9.17, 15) is 5.11 Å². The number of hydrogen-bond acceptors (Lipinski definition) is 3. The van der Waals surface area contributed by atoms with Gasteiger partial charge in [-0.25, -0.2) is 0 Å². The highest BCUT2D eigenvalue weighted by atomic mass is 16.5. The molecule has 0 aromatic carbocycles. The van der Waals surface area contributed by atoms with Crippen LogP contribution in [0, 0.1) is 5.92 Å². The van der Waals surface area contributed by atoms with Crippen molar-refractivity contribution in [3.8, 4) is 0 Å². The van der Waals surface area contributed by atoms with Gasteiger partial charge in [-0.1, -0.05) is 26.7 Å². The van der Waals surface area contributed by atoms with Crippen molar-refractivity contribution in [3.63, 3.8) is 0 Å². The number of aliphatic hydroxyl groups is 1. The number of hydrogen-bond donors (Lipinski definition) is 2. The molecule has 3 nitrogen and oxygen atoms in total. The molecular formula is C15H29NO2. The summed E-state index contributed by atoms with van der Waals surface area (Å²) in [5.41, 5.74) is -0.461. The minimum absolute atomic E-state index is 0.413. The first-order chi connectivity index (χ1) is 8.61. The molecule has 2 rings (SSSR count). The number of rotatable bonds is 4. The lowest BCUT2D eigenvalue weighted by Gasteiger charge is -2.38. The molecule has 0 aromatic rings. The van der Waals surface area contributed by atoms with Crippen molar-refractivity contribution < 1.29 is 9.84 Å². The van der Waals surface area contributed by atoms with Crippen LogP contribution in [0.5, 0.6) is 0 Å². The van der Waals surface area contributed by atoms with Crippen molar-refractivity contribution in [3.05, 3.63) is 0 Å². The largest absolute Gasteiger partial charge is 0.389 e. The lowest BCUT2D eigenvalue weighted by Crippen LogP contribution is -2.49. The average molecular weight is 255 g/mol. The van der Waals surface area contributed by atoms with Crippen molar-refractivity contribution in [2.45, 2.75) is 76.5 Å². The van der Waals surface area contributed by atoms with Crippen molar-refractivity contribution in [2.24, 2.45) is 5.92 Å². The van der Waals surface area contributed by atoms with Crippen LogP contribution in [0.1, 0.15) is 58.8 Å². The fourth-order valence-corrected chi connectivity index (χ4v) is 3.48. The monoisotopic (exact) mass is 255 g/mol. The summed E-state index contributed by atoms with van der Waals surface area (Å²) in [5.74, 6) is 0.670. The first-order valence-electron chi connectivity index (χ1n) is 7.68. The Hall–Kier alpha value is -0.120. The second-order valence-electron chi connectivity index (χ2n) is 6.43. The van der Waals surface area contributed by atoms with Gasteiger partial charge >= 0.3 is 0 Å². The Kier molecular flexibility index (Phi) is 5.05. The Balaban J connectivity index is 1.76. The molecule has 1 saturated carbocycles. The fourth-order valence-electron chi connectivity index (χ4n) is 3.48. The Morgan fingerprint density at radius 2 is 2.22 bits per heavy atom. The summed E-state index contributed by atoms with van der Waals surface area (Å²) in [6.45, 7) is 6.07. The van der Waals surface area contributed by atoms with Crippen LogP contribution >= 0.6 is 0 Å². The summed E-state index contributed by atoms with van der Waals surface area (Å²) in [7, 11) is 0. The van der Waals surface area contributed by atoms with Crippen LogP contribution in [0.25, 0.3) is 0 Å². The summed E-state index contributed by atoms with van der Waals surface area (Å²) >= 11 is 0. The molecule has 0 amide bonds. The fraction of sp³-hybridized carbons (Fsp3) is 1.00. The molecule has 0 bridgehead atoms. The van der Waals surface area contributed by atoms with Gasteiger partial charge in [-0.15, -0.1) is 0 Å². The Labute approximate surface area is 111 Å². The zero-order chi connectivity index (χ0) is 13.0. The van der Waals surface area contributed by atoms with Crippen molar-refractivity contribution in [1.29, 1.82) is 0 Å². The third-order valence-corrected chi connectivity index (χ3v) is 4.61. The second kappa shape index (κ2) is 6.36. The lowest BCUT2D eigenvalue weighted by atomic mass is 9.78. The van der Waals surface area contributed by atoms with E-state index in [1.165, 1.54) is 12.8 Å². The topological polar surface area (TPSA) is 41.5 Å². The van der Waals surface area contributed by atoms with E-state index in [4.69, 9.17) is 4.74 Å². The summed E-state index contributed by atoms with van der Waals surface area (Å²) in [5, 5.41) is 14.2. The molecule has 18 heavy (non-hydrogen) atoms. The van der Waals surface area contributed by atoms with Crippen LogP contribution < -0.4 is 5.32 Å². The predicted molar refractivity (Wildman–Crippen MR) is 73.6 cm³/mol. The number of nitrogens with one attached hydrogen (secondary N) is 1. The van der Waals surface area contributed by atoms with Crippen LogP contribution in [0.15, 0.2) is 0 Å². The summed E-state index contributed by atoms with van der Waals surface area (Å²) in [6.07, 6.45) is 8.06. The third kappa shape index (κ3) is 3.94. The van der Waals surface area contributed by atoms with Gasteiger partial charge in [-0.2, -0.15) is 0 Å². The Morgan fingerprint density at radius 3 is 2.94 bits per heavy atom. The molecule has 2 fully saturated rings. The van der Waals surface area contributed by atoms with Crippen LogP contribution in [-0.4, -0.2) is 36.0 Å². The van der Waals surface area contributed by atoms with Crippen LogP contribution in [0.3, 0.4) is 0 Å². The van der Waals surface area contributed by atoms with Crippen LogP contribution in [-0.2, 0) is 4.74 Å². The van der Waals surface area contributed by atoms with E-state index in [1.807, 2.05) is 0 Å².